The summed E-state index contributed by atoms with van der Waals surface area (Å²) in [5, 5.41) is 10.7. The Hall–Kier alpha value is -2.66. The fourth-order valence-corrected chi connectivity index (χ4v) is 2.49. The number of ether oxygens (including phenoxy) is 1. The van der Waals surface area contributed by atoms with E-state index in [4.69, 9.17) is 4.74 Å². The monoisotopic (exact) mass is 322 g/mol. The molecule has 5 nitrogen and oxygen atoms in total. The van der Waals surface area contributed by atoms with Crippen LogP contribution in [-0.2, 0) is 19.5 Å². The number of nitrogens with zero attached hydrogens (tertiary/aromatic N) is 2. The van der Waals surface area contributed by atoms with Crippen LogP contribution < -0.4 is 10.1 Å². The van der Waals surface area contributed by atoms with E-state index in [2.05, 4.69) is 52.5 Å². The Morgan fingerprint density at radius 3 is 2.79 bits per heavy atom. The SMILES string of the molecule is CCc1cc(CNCc2ccc(Oc3cccnc3)c(C)c2)[nH]n1. The summed E-state index contributed by atoms with van der Waals surface area (Å²) in [5.74, 6) is 1.60. The average molecular weight is 322 g/mol. The normalized spacial score (nSPS) is 10.8. The highest BCUT2D eigenvalue weighted by Crippen LogP contribution is 2.25. The molecule has 0 fully saturated rings. The van der Waals surface area contributed by atoms with Gasteiger partial charge in [-0.2, -0.15) is 5.10 Å². The topological polar surface area (TPSA) is 62.8 Å². The van der Waals surface area contributed by atoms with E-state index in [1.54, 1.807) is 12.4 Å². The van der Waals surface area contributed by atoms with E-state index in [0.717, 1.165) is 48.0 Å². The van der Waals surface area contributed by atoms with Crippen molar-refractivity contribution in [2.45, 2.75) is 33.4 Å². The lowest BCUT2D eigenvalue weighted by Gasteiger charge is -2.10. The van der Waals surface area contributed by atoms with Crippen molar-refractivity contribution in [3.05, 3.63) is 71.3 Å². The zero-order chi connectivity index (χ0) is 16.8. The van der Waals surface area contributed by atoms with Gasteiger partial charge in [-0.3, -0.25) is 10.1 Å². The lowest BCUT2D eigenvalue weighted by atomic mass is 10.1. The molecule has 0 spiro atoms. The van der Waals surface area contributed by atoms with Crippen molar-refractivity contribution in [3.63, 3.8) is 0 Å². The first kappa shape index (κ1) is 16.2. The predicted octanol–water partition coefficient (Wildman–Crippen LogP) is 3.76. The number of hydrogen-bond donors (Lipinski definition) is 2. The third-order valence-corrected chi connectivity index (χ3v) is 3.79. The van der Waals surface area contributed by atoms with Crippen molar-refractivity contribution in [2.75, 3.05) is 0 Å². The van der Waals surface area contributed by atoms with E-state index in [1.165, 1.54) is 5.56 Å². The van der Waals surface area contributed by atoms with Gasteiger partial charge in [0.1, 0.15) is 11.5 Å². The predicted molar refractivity (Wildman–Crippen MR) is 94.0 cm³/mol. The van der Waals surface area contributed by atoms with Gasteiger partial charge in [-0.1, -0.05) is 19.1 Å². The van der Waals surface area contributed by atoms with Crippen LogP contribution in [0.1, 0.15) is 29.4 Å². The molecule has 2 aromatic heterocycles. The number of rotatable bonds is 7. The second-order valence-corrected chi connectivity index (χ2v) is 5.73. The van der Waals surface area contributed by atoms with Crippen LogP contribution in [0.25, 0.3) is 0 Å². The first-order chi connectivity index (χ1) is 11.7. The number of hydrogen-bond acceptors (Lipinski definition) is 4. The lowest BCUT2D eigenvalue weighted by Crippen LogP contribution is -2.13. The van der Waals surface area contributed by atoms with Crippen LogP contribution in [0.4, 0.5) is 0 Å². The molecule has 24 heavy (non-hydrogen) atoms. The number of H-pyrrole nitrogens is 1. The zero-order valence-corrected chi connectivity index (χ0v) is 14.0. The van der Waals surface area contributed by atoms with Gasteiger partial charge in [-0.15, -0.1) is 0 Å². The summed E-state index contributed by atoms with van der Waals surface area (Å²) in [6.07, 6.45) is 4.40. The maximum absolute atomic E-state index is 5.86. The molecule has 0 atom stereocenters. The second-order valence-electron chi connectivity index (χ2n) is 5.73. The van der Waals surface area contributed by atoms with Gasteiger partial charge in [-0.25, -0.2) is 0 Å². The Morgan fingerprint density at radius 2 is 2.08 bits per heavy atom. The molecule has 3 rings (SSSR count). The summed E-state index contributed by atoms with van der Waals surface area (Å²) < 4.78 is 5.86. The van der Waals surface area contributed by atoms with Gasteiger partial charge in [0.15, 0.2) is 0 Å². The van der Waals surface area contributed by atoms with Gasteiger partial charge in [0, 0.05) is 25.0 Å². The van der Waals surface area contributed by atoms with Crippen molar-refractivity contribution >= 4 is 0 Å². The van der Waals surface area contributed by atoms with Crippen LogP contribution in [-0.4, -0.2) is 15.2 Å². The fourth-order valence-electron chi connectivity index (χ4n) is 2.49. The highest BCUT2D eigenvalue weighted by Gasteiger charge is 2.04. The van der Waals surface area contributed by atoms with Gasteiger partial charge < -0.3 is 10.1 Å². The summed E-state index contributed by atoms with van der Waals surface area (Å²) in [6.45, 7) is 5.73. The minimum Gasteiger partial charge on any atom is -0.455 e. The van der Waals surface area contributed by atoms with E-state index in [0.29, 0.717) is 0 Å². The maximum atomic E-state index is 5.86. The van der Waals surface area contributed by atoms with Gasteiger partial charge in [0.05, 0.1) is 11.9 Å². The van der Waals surface area contributed by atoms with Crippen LogP contribution in [0.15, 0.2) is 48.8 Å². The van der Waals surface area contributed by atoms with Crippen molar-refractivity contribution in [1.29, 1.82) is 0 Å². The molecule has 2 heterocycles. The number of benzene rings is 1. The van der Waals surface area contributed by atoms with E-state index in [1.807, 2.05) is 18.2 Å². The Bertz CT molecular complexity index is 783. The van der Waals surface area contributed by atoms with E-state index >= 15 is 0 Å². The Balaban J connectivity index is 1.56. The van der Waals surface area contributed by atoms with Gasteiger partial charge in [-0.05, 0) is 48.7 Å². The molecular weight excluding hydrogens is 300 g/mol. The Kier molecular flexibility index (Phi) is 5.23. The molecule has 3 aromatic rings. The highest BCUT2D eigenvalue weighted by molar-refractivity contribution is 5.39. The van der Waals surface area contributed by atoms with Gasteiger partial charge in [0.2, 0.25) is 0 Å². The van der Waals surface area contributed by atoms with E-state index in [9.17, 15) is 0 Å². The fraction of sp³-hybridized carbons (Fsp3) is 0.263. The largest absolute Gasteiger partial charge is 0.455 e. The summed E-state index contributed by atoms with van der Waals surface area (Å²) in [4.78, 5) is 4.06. The molecule has 124 valence electrons. The summed E-state index contributed by atoms with van der Waals surface area (Å²) in [6, 6.07) is 12.1. The minimum absolute atomic E-state index is 0.748. The number of nitrogens with one attached hydrogen (secondary N) is 2. The van der Waals surface area contributed by atoms with Crippen molar-refractivity contribution in [1.82, 2.24) is 20.5 Å². The average Bonchev–Trinajstić information content (AvgIpc) is 3.06. The van der Waals surface area contributed by atoms with Crippen LogP contribution in [0.2, 0.25) is 0 Å². The molecule has 0 aliphatic rings. The van der Waals surface area contributed by atoms with Crippen LogP contribution in [0.5, 0.6) is 11.5 Å². The minimum atomic E-state index is 0.748. The van der Waals surface area contributed by atoms with Crippen LogP contribution in [0.3, 0.4) is 0 Å². The Labute approximate surface area is 142 Å². The number of aryl methyl sites for hydroxylation is 2. The molecule has 0 saturated heterocycles. The third kappa shape index (κ3) is 4.20. The summed E-state index contributed by atoms with van der Waals surface area (Å²) >= 11 is 0. The number of pyridine rings is 1. The second kappa shape index (κ2) is 7.75. The molecular formula is C19H22N4O. The zero-order valence-electron chi connectivity index (χ0n) is 14.0. The molecule has 0 aliphatic heterocycles. The quantitative estimate of drug-likeness (QED) is 0.695. The summed E-state index contributed by atoms with van der Waals surface area (Å²) in [7, 11) is 0. The molecule has 5 heteroatoms. The molecule has 0 saturated carbocycles. The van der Waals surface area contributed by atoms with Crippen LogP contribution in [0, 0.1) is 6.92 Å². The van der Waals surface area contributed by atoms with Crippen LogP contribution >= 0.6 is 0 Å². The van der Waals surface area contributed by atoms with Gasteiger partial charge >= 0.3 is 0 Å². The molecule has 0 radical (unpaired) electrons. The standard InChI is InChI=1S/C19H22N4O/c1-3-16-10-17(23-22-16)12-21-11-15-6-7-19(14(2)9-15)24-18-5-4-8-20-13-18/h4-10,13,21H,3,11-12H2,1-2H3,(H,22,23). The molecule has 0 bridgehead atoms. The smallest absolute Gasteiger partial charge is 0.145 e. The van der Waals surface area contributed by atoms with Crippen molar-refractivity contribution in [2.24, 2.45) is 0 Å². The number of aromatic nitrogens is 3. The highest BCUT2D eigenvalue weighted by atomic mass is 16.5. The van der Waals surface area contributed by atoms with Crippen molar-refractivity contribution in [3.8, 4) is 11.5 Å². The molecule has 0 aliphatic carbocycles. The van der Waals surface area contributed by atoms with E-state index in [-0.39, 0.29) is 0 Å². The summed E-state index contributed by atoms with van der Waals surface area (Å²) in [5.41, 5.74) is 4.54. The van der Waals surface area contributed by atoms with Gasteiger partial charge in [0.25, 0.3) is 0 Å². The first-order valence-electron chi connectivity index (χ1n) is 8.16. The molecule has 0 unspecified atom stereocenters. The molecule has 2 N–H and O–H groups in total. The lowest BCUT2D eigenvalue weighted by molar-refractivity contribution is 0.476. The molecule has 0 amide bonds. The third-order valence-electron chi connectivity index (χ3n) is 3.79. The van der Waals surface area contributed by atoms with E-state index < -0.39 is 0 Å². The Morgan fingerprint density at radius 1 is 1.17 bits per heavy atom. The molecule has 1 aromatic carbocycles. The first-order valence-corrected chi connectivity index (χ1v) is 8.16. The maximum Gasteiger partial charge on any atom is 0.145 e. The van der Waals surface area contributed by atoms with Crippen molar-refractivity contribution < 1.29 is 4.74 Å². The number of aromatic amines is 1.